The predicted molar refractivity (Wildman–Crippen MR) is 75.7 cm³/mol. The molecule has 0 fully saturated rings. The summed E-state index contributed by atoms with van der Waals surface area (Å²) in [5.74, 6) is 6.54. The van der Waals surface area contributed by atoms with Gasteiger partial charge in [0, 0.05) is 4.88 Å². The third-order valence-corrected chi connectivity index (χ3v) is 3.62. The molecule has 1 atom stereocenters. The molecule has 0 aliphatic heterocycles. The van der Waals surface area contributed by atoms with Crippen molar-refractivity contribution in [2.75, 3.05) is 6.61 Å². The van der Waals surface area contributed by atoms with Crippen LogP contribution in [0.1, 0.15) is 29.8 Å². The fourth-order valence-electron chi connectivity index (χ4n) is 1.77. The Kier molecular flexibility index (Phi) is 4.75. The smallest absolute Gasteiger partial charge is 0.119 e. The number of benzene rings is 1. The highest BCUT2D eigenvalue weighted by Crippen LogP contribution is 2.26. The zero-order valence-corrected chi connectivity index (χ0v) is 11.2. The van der Waals surface area contributed by atoms with Crippen molar-refractivity contribution < 1.29 is 4.74 Å². The number of hydrogen-bond donors (Lipinski definition) is 2. The Morgan fingerprint density at radius 3 is 2.61 bits per heavy atom. The fraction of sp³-hybridized carbons (Fsp3) is 0.286. The second kappa shape index (κ2) is 6.54. The molecular weight excluding hydrogens is 244 g/mol. The van der Waals surface area contributed by atoms with Gasteiger partial charge in [-0.2, -0.15) is 0 Å². The maximum Gasteiger partial charge on any atom is 0.119 e. The highest BCUT2D eigenvalue weighted by atomic mass is 32.1. The van der Waals surface area contributed by atoms with Gasteiger partial charge in [-0.3, -0.25) is 5.84 Å². The summed E-state index contributed by atoms with van der Waals surface area (Å²) in [6, 6.07) is 12.2. The van der Waals surface area contributed by atoms with E-state index in [-0.39, 0.29) is 6.04 Å². The first-order chi connectivity index (χ1) is 8.85. The number of rotatable bonds is 6. The molecule has 1 unspecified atom stereocenters. The van der Waals surface area contributed by atoms with E-state index in [1.165, 1.54) is 4.88 Å². The van der Waals surface area contributed by atoms with Crippen LogP contribution < -0.4 is 16.0 Å². The summed E-state index contributed by atoms with van der Waals surface area (Å²) in [5, 5.41) is 2.05. The Bertz CT molecular complexity index is 453. The highest BCUT2D eigenvalue weighted by Gasteiger charge is 2.12. The molecule has 0 saturated carbocycles. The zero-order valence-electron chi connectivity index (χ0n) is 10.4. The molecule has 0 radical (unpaired) electrons. The van der Waals surface area contributed by atoms with Crippen LogP contribution in [0.4, 0.5) is 0 Å². The molecule has 2 rings (SSSR count). The molecule has 0 spiro atoms. The van der Waals surface area contributed by atoms with E-state index in [0.717, 1.165) is 24.3 Å². The monoisotopic (exact) mass is 262 g/mol. The van der Waals surface area contributed by atoms with Gasteiger partial charge >= 0.3 is 0 Å². The third kappa shape index (κ3) is 3.10. The van der Waals surface area contributed by atoms with Crippen LogP contribution in [0.15, 0.2) is 41.8 Å². The van der Waals surface area contributed by atoms with E-state index in [1.54, 1.807) is 11.3 Å². The zero-order chi connectivity index (χ0) is 12.8. The van der Waals surface area contributed by atoms with Crippen LogP contribution in [0.3, 0.4) is 0 Å². The molecule has 0 saturated heterocycles. The van der Waals surface area contributed by atoms with Crippen molar-refractivity contribution in [3.05, 3.63) is 52.2 Å². The van der Waals surface area contributed by atoms with Crippen LogP contribution in [0.25, 0.3) is 0 Å². The van der Waals surface area contributed by atoms with Crippen molar-refractivity contribution >= 4 is 11.3 Å². The fourth-order valence-corrected chi connectivity index (χ4v) is 2.59. The molecule has 0 aliphatic carbocycles. The molecule has 96 valence electrons. The molecule has 3 nitrogen and oxygen atoms in total. The standard InChI is InChI=1S/C14H18N2OS/c1-2-9-17-12-7-5-11(6-8-12)14(16-15)13-4-3-10-18-13/h3-8,10,14,16H,2,9,15H2,1H3. The predicted octanol–water partition coefficient (Wildman–Crippen LogP) is 3.09. The average molecular weight is 262 g/mol. The van der Waals surface area contributed by atoms with Gasteiger partial charge in [0.15, 0.2) is 0 Å². The van der Waals surface area contributed by atoms with Crippen molar-refractivity contribution in [3.8, 4) is 5.75 Å². The van der Waals surface area contributed by atoms with Gasteiger partial charge in [-0.15, -0.1) is 11.3 Å². The summed E-state index contributed by atoms with van der Waals surface area (Å²) in [6.45, 7) is 2.85. The third-order valence-electron chi connectivity index (χ3n) is 2.68. The Hall–Kier alpha value is -1.36. The minimum absolute atomic E-state index is 0.0465. The van der Waals surface area contributed by atoms with Gasteiger partial charge in [0.25, 0.3) is 0 Å². The van der Waals surface area contributed by atoms with Gasteiger partial charge in [0.1, 0.15) is 5.75 Å². The lowest BCUT2D eigenvalue weighted by atomic mass is 10.1. The minimum atomic E-state index is 0.0465. The largest absolute Gasteiger partial charge is 0.494 e. The van der Waals surface area contributed by atoms with Gasteiger partial charge in [0.05, 0.1) is 12.6 Å². The maximum atomic E-state index is 5.64. The lowest BCUT2D eigenvalue weighted by molar-refractivity contribution is 0.317. The molecule has 18 heavy (non-hydrogen) atoms. The van der Waals surface area contributed by atoms with Gasteiger partial charge in [-0.1, -0.05) is 25.1 Å². The topological polar surface area (TPSA) is 47.3 Å². The van der Waals surface area contributed by atoms with Crippen LogP contribution in [-0.2, 0) is 0 Å². The van der Waals surface area contributed by atoms with Crippen molar-refractivity contribution in [2.45, 2.75) is 19.4 Å². The number of hydrogen-bond acceptors (Lipinski definition) is 4. The van der Waals surface area contributed by atoms with Gasteiger partial charge in [-0.25, -0.2) is 5.43 Å². The van der Waals surface area contributed by atoms with E-state index in [0.29, 0.717) is 0 Å². The lowest BCUT2D eigenvalue weighted by Crippen LogP contribution is -2.28. The van der Waals surface area contributed by atoms with Gasteiger partial charge in [0.2, 0.25) is 0 Å². The molecule has 2 aromatic rings. The van der Waals surface area contributed by atoms with Crippen LogP contribution in [-0.4, -0.2) is 6.61 Å². The first-order valence-corrected chi connectivity index (χ1v) is 6.95. The molecule has 0 aliphatic rings. The molecule has 3 N–H and O–H groups in total. The van der Waals surface area contributed by atoms with Crippen LogP contribution in [0.5, 0.6) is 5.75 Å². The average Bonchev–Trinajstić information content (AvgIpc) is 2.93. The molecule has 1 aromatic heterocycles. The molecule has 1 heterocycles. The number of ether oxygens (including phenoxy) is 1. The molecule has 4 heteroatoms. The molecule has 0 bridgehead atoms. The first-order valence-electron chi connectivity index (χ1n) is 6.07. The summed E-state index contributed by atoms with van der Waals surface area (Å²) in [4.78, 5) is 1.21. The number of nitrogens with one attached hydrogen (secondary N) is 1. The Balaban J connectivity index is 2.12. The van der Waals surface area contributed by atoms with Crippen LogP contribution in [0.2, 0.25) is 0 Å². The Morgan fingerprint density at radius 1 is 1.28 bits per heavy atom. The quantitative estimate of drug-likeness (QED) is 0.621. The Labute approximate surface area is 112 Å². The van der Waals surface area contributed by atoms with E-state index in [1.807, 2.05) is 18.2 Å². The number of nitrogens with two attached hydrogens (primary N) is 1. The summed E-state index contributed by atoms with van der Waals surface area (Å²) < 4.78 is 5.57. The molecule has 1 aromatic carbocycles. The van der Waals surface area contributed by atoms with E-state index >= 15 is 0 Å². The maximum absolute atomic E-state index is 5.64. The van der Waals surface area contributed by atoms with Crippen molar-refractivity contribution in [2.24, 2.45) is 5.84 Å². The second-order valence-electron chi connectivity index (χ2n) is 4.03. The summed E-state index contributed by atoms with van der Waals surface area (Å²) in [5.41, 5.74) is 4.00. The Morgan fingerprint density at radius 2 is 2.06 bits per heavy atom. The number of thiophene rings is 1. The second-order valence-corrected chi connectivity index (χ2v) is 5.01. The van der Waals surface area contributed by atoms with Gasteiger partial charge < -0.3 is 4.74 Å². The minimum Gasteiger partial charge on any atom is -0.494 e. The molecular formula is C14H18N2OS. The number of hydrazine groups is 1. The molecule has 0 amide bonds. The first kappa shape index (κ1) is 13.1. The lowest BCUT2D eigenvalue weighted by Gasteiger charge is -2.15. The SMILES string of the molecule is CCCOc1ccc(C(NN)c2cccs2)cc1. The van der Waals surface area contributed by atoms with Crippen LogP contribution in [0, 0.1) is 0 Å². The normalized spacial score (nSPS) is 12.3. The summed E-state index contributed by atoms with van der Waals surface area (Å²) >= 11 is 1.69. The van der Waals surface area contributed by atoms with Crippen molar-refractivity contribution in [3.63, 3.8) is 0 Å². The van der Waals surface area contributed by atoms with E-state index < -0.39 is 0 Å². The summed E-state index contributed by atoms with van der Waals surface area (Å²) in [7, 11) is 0. The van der Waals surface area contributed by atoms with Crippen LogP contribution >= 0.6 is 11.3 Å². The van der Waals surface area contributed by atoms with E-state index in [9.17, 15) is 0 Å². The highest BCUT2D eigenvalue weighted by molar-refractivity contribution is 7.10. The van der Waals surface area contributed by atoms with E-state index in [4.69, 9.17) is 10.6 Å². The van der Waals surface area contributed by atoms with Crippen molar-refractivity contribution in [1.29, 1.82) is 0 Å². The summed E-state index contributed by atoms with van der Waals surface area (Å²) in [6.07, 6.45) is 1.02. The van der Waals surface area contributed by atoms with Crippen molar-refractivity contribution in [1.82, 2.24) is 5.43 Å². The van der Waals surface area contributed by atoms with Gasteiger partial charge in [-0.05, 0) is 35.6 Å². The van der Waals surface area contributed by atoms with E-state index in [2.05, 4.69) is 35.9 Å².